The van der Waals surface area contributed by atoms with Crippen molar-refractivity contribution in [3.05, 3.63) is 35.2 Å². The van der Waals surface area contributed by atoms with Gasteiger partial charge in [-0.3, -0.25) is 9.20 Å². The molecule has 0 aliphatic carbocycles. The summed E-state index contributed by atoms with van der Waals surface area (Å²) < 4.78 is 12.0. The number of aromatic nitrogens is 4. The second-order valence-corrected chi connectivity index (χ2v) is 5.96. The molecule has 9 heteroatoms. The lowest BCUT2D eigenvalue weighted by atomic mass is 10.2. The number of amides is 1. The van der Waals surface area contributed by atoms with E-state index in [9.17, 15) is 4.79 Å². The number of thiazole rings is 1. The van der Waals surface area contributed by atoms with Crippen molar-refractivity contribution in [2.24, 2.45) is 0 Å². The maximum absolute atomic E-state index is 12.1. The van der Waals surface area contributed by atoms with Crippen LogP contribution in [0.3, 0.4) is 0 Å². The molecule has 1 atom stereocenters. The van der Waals surface area contributed by atoms with E-state index in [1.165, 1.54) is 11.3 Å². The summed E-state index contributed by atoms with van der Waals surface area (Å²) in [6.45, 7) is 2.33. The van der Waals surface area contributed by atoms with Gasteiger partial charge in [0.2, 0.25) is 11.8 Å². The van der Waals surface area contributed by atoms with Crippen molar-refractivity contribution in [1.29, 1.82) is 0 Å². The number of methoxy groups -OCH3 is 1. The van der Waals surface area contributed by atoms with Crippen LogP contribution in [0.5, 0.6) is 0 Å². The van der Waals surface area contributed by atoms with Gasteiger partial charge in [0.15, 0.2) is 10.8 Å². The number of fused-ring (bicyclic) bond motifs is 1. The fraction of sp³-hybridized carbons (Fsp3) is 0.429. The lowest BCUT2D eigenvalue weighted by Gasteiger charge is -2.08. The quantitative estimate of drug-likeness (QED) is 0.701. The van der Waals surface area contributed by atoms with Gasteiger partial charge >= 0.3 is 0 Å². The monoisotopic (exact) mass is 335 g/mol. The highest BCUT2D eigenvalue weighted by Gasteiger charge is 2.17. The fourth-order valence-electron chi connectivity index (χ4n) is 2.12. The number of hydrogen-bond donors (Lipinski definition) is 1. The molecule has 3 aromatic rings. The van der Waals surface area contributed by atoms with E-state index >= 15 is 0 Å². The Hall–Kier alpha value is -2.26. The third kappa shape index (κ3) is 3.74. The molecule has 1 N–H and O–H groups in total. The summed E-state index contributed by atoms with van der Waals surface area (Å²) in [6.07, 6.45) is 4.55. The van der Waals surface area contributed by atoms with Gasteiger partial charge in [-0.25, -0.2) is 4.98 Å². The lowest BCUT2D eigenvalue weighted by molar-refractivity contribution is -0.121. The van der Waals surface area contributed by atoms with Gasteiger partial charge in [-0.05, 0) is 6.92 Å². The summed E-state index contributed by atoms with van der Waals surface area (Å²) in [6, 6.07) is -0.352. The van der Waals surface area contributed by atoms with Crippen molar-refractivity contribution in [1.82, 2.24) is 24.8 Å². The van der Waals surface area contributed by atoms with E-state index in [-0.39, 0.29) is 18.4 Å². The minimum absolute atomic E-state index is 0.139. The van der Waals surface area contributed by atoms with Crippen molar-refractivity contribution in [3.63, 3.8) is 0 Å². The number of imidazole rings is 1. The lowest BCUT2D eigenvalue weighted by Crippen LogP contribution is -2.28. The van der Waals surface area contributed by atoms with E-state index in [1.54, 1.807) is 14.0 Å². The Balaban J connectivity index is 1.56. The zero-order valence-corrected chi connectivity index (χ0v) is 13.7. The number of hydrogen-bond acceptors (Lipinski definition) is 7. The second-order valence-electron chi connectivity index (χ2n) is 5.08. The molecule has 0 saturated carbocycles. The molecule has 0 fully saturated rings. The molecule has 0 bridgehead atoms. The first-order valence-electron chi connectivity index (χ1n) is 7.17. The van der Waals surface area contributed by atoms with Gasteiger partial charge in [0.1, 0.15) is 6.04 Å². The van der Waals surface area contributed by atoms with Crippen LogP contribution in [0.2, 0.25) is 0 Å². The van der Waals surface area contributed by atoms with E-state index in [0.717, 1.165) is 10.7 Å². The van der Waals surface area contributed by atoms with Crippen LogP contribution in [-0.2, 0) is 22.4 Å². The van der Waals surface area contributed by atoms with Gasteiger partial charge < -0.3 is 14.6 Å². The van der Waals surface area contributed by atoms with Crippen LogP contribution in [0.15, 0.2) is 22.3 Å². The van der Waals surface area contributed by atoms with E-state index in [2.05, 4.69) is 20.4 Å². The number of nitrogens with one attached hydrogen (secondary N) is 1. The minimum Gasteiger partial charge on any atom is -0.384 e. The molecule has 0 spiro atoms. The molecule has 3 heterocycles. The Kier molecular flexibility index (Phi) is 4.68. The molecular weight excluding hydrogens is 318 g/mol. The van der Waals surface area contributed by atoms with E-state index in [4.69, 9.17) is 9.26 Å². The van der Waals surface area contributed by atoms with Crippen molar-refractivity contribution < 1.29 is 14.1 Å². The topological polar surface area (TPSA) is 94.6 Å². The Morgan fingerprint density at radius 3 is 3.17 bits per heavy atom. The normalized spacial score (nSPS) is 12.6. The first kappa shape index (κ1) is 15.6. The Bertz CT molecular complexity index is 765. The van der Waals surface area contributed by atoms with Crippen LogP contribution in [-0.4, -0.2) is 39.1 Å². The SMILES string of the molecule is COCCc1noc([C@@H](C)NC(=O)Cc2cn3ccsc3n2)n1. The average molecular weight is 335 g/mol. The van der Waals surface area contributed by atoms with Gasteiger partial charge in [-0.15, -0.1) is 11.3 Å². The number of nitrogens with zero attached hydrogens (tertiary/aromatic N) is 4. The molecule has 0 radical (unpaired) electrons. The molecule has 3 rings (SSSR count). The van der Waals surface area contributed by atoms with Gasteiger partial charge in [0, 0.05) is 31.3 Å². The molecule has 1 amide bonds. The zero-order chi connectivity index (χ0) is 16.2. The summed E-state index contributed by atoms with van der Waals surface area (Å²) in [5.74, 6) is 0.812. The highest BCUT2D eigenvalue weighted by molar-refractivity contribution is 7.15. The average Bonchev–Trinajstić information content (AvgIpc) is 3.19. The first-order valence-corrected chi connectivity index (χ1v) is 8.05. The first-order chi connectivity index (χ1) is 11.2. The van der Waals surface area contributed by atoms with Crippen molar-refractivity contribution >= 4 is 22.2 Å². The zero-order valence-electron chi connectivity index (χ0n) is 12.9. The summed E-state index contributed by atoms with van der Waals surface area (Å²) in [5.41, 5.74) is 0.730. The standard InChI is InChI=1S/C14H17N5O3S/c1-9(13-17-11(18-22-13)3-5-21-2)15-12(20)7-10-8-19-4-6-23-14(19)16-10/h4,6,8-9H,3,5,7H2,1-2H3,(H,15,20)/t9-/m1/s1. The number of ether oxygens (including phenoxy) is 1. The number of carbonyl (C=O) groups is 1. The van der Waals surface area contributed by atoms with Gasteiger partial charge in [-0.1, -0.05) is 5.16 Å². The smallest absolute Gasteiger partial charge is 0.248 e. The van der Waals surface area contributed by atoms with Gasteiger partial charge in [-0.2, -0.15) is 4.98 Å². The molecule has 122 valence electrons. The molecule has 23 heavy (non-hydrogen) atoms. The summed E-state index contributed by atoms with van der Waals surface area (Å²) in [7, 11) is 1.61. The third-order valence-electron chi connectivity index (χ3n) is 3.25. The van der Waals surface area contributed by atoms with Gasteiger partial charge in [0.05, 0.1) is 18.7 Å². The molecule has 0 saturated heterocycles. The summed E-state index contributed by atoms with van der Waals surface area (Å²) in [4.78, 5) is 21.6. The predicted octanol–water partition coefficient (Wildman–Crippen LogP) is 1.39. The summed E-state index contributed by atoms with van der Waals surface area (Å²) in [5, 5.41) is 8.64. The van der Waals surface area contributed by atoms with Crippen molar-refractivity contribution in [2.45, 2.75) is 25.8 Å². The van der Waals surface area contributed by atoms with Gasteiger partial charge in [0.25, 0.3) is 0 Å². The highest BCUT2D eigenvalue weighted by Crippen LogP contribution is 2.13. The molecule has 8 nitrogen and oxygen atoms in total. The third-order valence-corrected chi connectivity index (χ3v) is 4.02. The van der Waals surface area contributed by atoms with Crippen LogP contribution in [0, 0.1) is 0 Å². The summed E-state index contributed by atoms with van der Waals surface area (Å²) >= 11 is 1.53. The van der Waals surface area contributed by atoms with E-state index in [0.29, 0.717) is 24.7 Å². The van der Waals surface area contributed by atoms with Crippen LogP contribution in [0.4, 0.5) is 0 Å². The number of rotatable bonds is 7. The molecule has 0 aliphatic heterocycles. The Labute approximate surface area is 136 Å². The predicted molar refractivity (Wildman–Crippen MR) is 83.2 cm³/mol. The molecule has 0 unspecified atom stereocenters. The second kappa shape index (κ2) is 6.88. The van der Waals surface area contributed by atoms with Crippen molar-refractivity contribution in [3.8, 4) is 0 Å². The molecule has 3 aromatic heterocycles. The minimum atomic E-state index is -0.352. The van der Waals surface area contributed by atoms with Crippen LogP contribution >= 0.6 is 11.3 Å². The molecule has 0 aliphatic rings. The highest BCUT2D eigenvalue weighted by atomic mass is 32.1. The van der Waals surface area contributed by atoms with E-state index in [1.807, 2.05) is 22.2 Å². The number of carbonyl (C=O) groups excluding carboxylic acids is 1. The maximum atomic E-state index is 12.1. The van der Waals surface area contributed by atoms with Crippen LogP contribution in [0.25, 0.3) is 4.96 Å². The Morgan fingerprint density at radius 1 is 1.52 bits per heavy atom. The molecule has 0 aromatic carbocycles. The Morgan fingerprint density at radius 2 is 2.39 bits per heavy atom. The fourth-order valence-corrected chi connectivity index (χ4v) is 2.84. The molecular formula is C14H17N5O3S. The van der Waals surface area contributed by atoms with Crippen LogP contribution in [0.1, 0.15) is 30.4 Å². The van der Waals surface area contributed by atoms with Crippen molar-refractivity contribution in [2.75, 3.05) is 13.7 Å². The maximum Gasteiger partial charge on any atom is 0.248 e. The van der Waals surface area contributed by atoms with E-state index < -0.39 is 0 Å². The van der Waals surface area contributed by atoms with Crippen LogP contribution < -0.4 is 5.32 Å². The largest absolute Gasteiger partial charge is 0.384 e.